The molecule has 0 bridgehead atoms. The lowest BCUT2D eigenvalue weighted by atomic mass is 9.70. The standard InChI is InChI=1S/C19H24O2.C5H12O/c1-4-14(2)13-19(3,15-5-9-17(20)10-6-15)16-7-11-18(21)12-8-16;1-3-5(6)4-2/h5-12,14,20-21H,4,13H2,1-3H3;5-6H,3-4H2,1-2H3. The van der Waals surface area contributed by atoms with Crippen molar-refractivity contribution in [1.82, 2.24) is 0 Å². The Hall–Kier alpha value is -2.00. The van der Waals surface area contributed by atoms with Crippen LogP contribution < -0.4 is 0 Å². The van der Waals surface area contributed by atoms with Crippen molar-refractivity contribution in [2.45, 2.75) is 71.8 Å². The number of phenols is 2. The molecule has 0 amide bonds. The minimum Gasteiger partial charge on any atom is -0.508 e. The van der Waals surface area contributed by atoms with Crippen molar-refractivity contribution in [2.75, 3.05) is 0 Å². The fourth-order valence-electron chi connectivity index (χ4n) is 3.19. The topological polar surface area (TPSA) is 60.7 Å². The molecule has 3 N–H and O–H groups in total. The van der Waals surface area contributed by atoms with Gasteiger partial charge in [0.05, 0.1) is 6.10 Å². The number of hydrogen-bond donors (Lipinski definition) is 3. The highest BCUT2D eigenvalue weighted by molar-refractivity contribution is 5.42. The molecule has 27 heavy (non-hydrogen) atoms. The number of benzene rings is 2. The van der Waals surface area contributed by atoms with E-state index >= 15 is 0 Å². The number of aliphatic hydroxyl groups excluding tert-OH is 1. The quantitative estimate of drug-likeness (QED) is 0.558. The van der Waals surface area contributed by atoms with Gasteiger partial charge < -0.3 is 15.3 Å². The third kappa shape index (κ3) is 6.91. The molecular weight excluding hydrogens is 336 g/mol. The molecule has 1 atom stereocenters. The van der Waals surface area contributed by atoms with E-state index < -0.39 is 0 Å². The van der Waals surface area contributed by atoms with E-state index in [4.69, 9.17) is 5.11 Å². The molecule has 3 nitrogen and oxygen atoms in total. The van der Waals surface area contributed by atoms with Gasteiger partial charge in [-0.2, -0.15) is 0 Å². The Morgan fingerprint density at radius 2 is 1.11 bits per heavy atom. The smallest absolute Gasteiger partial charge is 0.115 e. The maximum absolute atomic E-state index is 9.52. The lowest BCUT2D eigenvalue weighted by molar-refractivity contribution is 0.166. The van der Waals surface area contributed by atoms with Gasteiger partial charge in [-0.05, 0) is 60.6 Å². The Morgan fingerprint density at radius 3 is 1.37 bits per heavy atom. The van der Waals surface area contributed by atoms with E-state index in [0.717, 1.165) is 25.7 Å². The summed E-state index contributed by atoms with van der Waals surface area (Å²) in [5.74, 6) is 1.17. The van der Waals surface area contributed by atoms with Crippen LogP contribution in [0, 0.1) is 5.92 Å². The average Bonchev–Trinajstić information content (AvgIpc) is 2.68. The second kappa shape index (κ2) is 11.0. The highest BCUT2D eigenvalue weighted by atomic mass is 16.3. The summed E-state index contributed by atoms with van der Waals surface area (Å²) in [6.07, 6.45) is 3.86. The molecule has 150 valence electrons. The number of hydrogen-bond acceptors (Lipinski definition) is 3. The van der Waals surface area contributed by atoms with Crippen LogP contribution in [0.25, 0.3) is 0 Å². The Kier molecular flexibility index (Phi) is 9.37. The number of phenolic OH excluding ortho intramolecular Hbond substituents is 2. The van der Waals surface area contributed by atoms with Crippen molar-refractivity contribution in [3.63, 3.8) is 0 Å². The molecule has 0 aromatic heterocycles. The maximum Gasteiger partial charge on any atom is 0.115 e. The van der Waals surface area contributed by atoms with Gasteiger partial charge in [-0.15, -0.1) is 0 Å². The fraction of sp³-hybridized carbons (Fsp3) is 0.500. The first-order chi connectivity index (χ1) is 12.8. The van der Waals surface area contributed by atoms with Gasteiger partial charge in [-0.1, -0.05) is 65.3 Å². The summed E-state index contributed by atoms with van der Waals surface area (Å²) in [5.41, 5.74) is 2.24. The van der Waals surface area contributed by atoms with E-state index in [1.165, 1.54) is 11.1 Å². The third-order valence-corrected chi connectivity index (χ3v) is 5.41. The molecule has 0 spiro atoms. The summed E-state index contributed by atoms with van der Waals surface area (Å²) in [7, 11) is 0. The van der Waals surface area contributed by atoms with Crippen molar-refractivity contribution in [3.8, 4) is 11.5 Å². The maximum atomic E-state index is 9.52. The second-order valence-corrected chi connectivity index (χ2v) is 7.61. The average molecular weight is 373 g/mol. The minimum absolute atomic E-state index is 0.0648. The van der Waals surface area contributed by atoms with Crippen molar-refractivity contribution in [1.29, 1.82) is 0 Å². The Balaban J connectivity index is 0.000000527. The van der Waals surface area contributed by atoms with Crippen LogP contribution in [0.3, 0.4) is 0 Å². The van der Waals surface area contributed by atoms with E-state index in [0.29, 0.717) is 5.92 Å². The van der Waals surface area contributed by atoms with Gasteiger partial charge in [0.25, 0.3) is 0 Å². The first-order valence-corrected chi connectivity index (χ1v) is 10.0. The molecule has 1 unspecified atom stereocenters. The van der Waals surface area contributed by atoms with E-state index in [9.17, 15) is 10.2 Å². The molecule has 0 saturated carbocycles. The largest absolute Gasteiger partial charge is 0.508 e. The summed E-state index contributed by atoms with van der Waals surface area (Å²) in [4.78, 5) is 0. The SMILES string of the molecule is CCC(C)CC(C)(c1ccc(O)cc1)c1ccc(O)cc1.CCC(O)CC. The van der Waals surface area contributed by atoms with Crippen molar-refractivity contribution in [3.05, 3.63) is 59.7 Å². The van der Waals surface area contributed by atoms with Crippen LogP contribution >= 0.6 is 0 Å². The van der Waals surface area contributed by atoms with Crippen LogP contribution in [-0.2, 0) is 5.41 Å². The lowest BCUT2D eigenvalue weighted by Gasteiger charge is -2.33. The van der Waals surface area contributed by atoms with Gasteiger partial charge in [0, 0.05) is 5.41 Å². The zero-order valence-corrected chi connectivity index (χ0v) is 17.4. The normalized spacial score (nSPS) is 12.4. The molecule has 3 heteroatoms. The monoisotopic (exact) mass is 372 g/mol. The summed E-state index contributed by atoms with van der Waals surface area (Å²) in [5, 5.41) is 27.7. The van der Waals surface area contributed by atoms with E-state index in [-0.39, 0.29) is 23.0 Å². The van der Waals surface area contributed by atoms with Crippen molar-refractivity contribution >= 4 is 0 Å². The zero-order chi connectivity index (χ0) is 20.4. The molecule has 0 saturated heterocycles. The number of aliphatic hydroxyl groups is 1. The van der Waals surface area contributed by atoms with E-state index in [2.05, 4.69) is 20.8 Å². The third-order valence-electron chi connectivity index (χ3n) is 5.41. The van der Waals surface area contributed by atoms with Gasteiger partial charge in [-0.25, -0.2) is 0 Å². The molecule has 0 fully saturated rings. The highest BCUT2D eigenvalue weighted by Crippen LogP contribution is 2.39. The predicted octanol–water partition coefficient (Wildman–Crippen LogP) is 6.01. The minimum atomic E-state index is -0.128. The number of aromatic hydroxyl groups is 2. The van der Waals surface area contributed by atoms with Gasteiger partial charge >= 0.3 is 0 Å². The number of rotatable bonds is 7. The molecular formula is C24H36O3. The summed E-state index contributed by atoms with van der Waals surface area (Å²) in [6, 6.07) is 14.9. The first kappa shape index (κ1) is 23.0. The molecule has 0 aliphatic rings. The van der Waals surface area contributed by atoms with Crippen LogP contribution in [0.4, 0.5) is 0 Å². The molecule has 0 heterocycles. The first-order valence-electron chi connectivity index (χ1n) is 10.0. The van der Waals surface area contributed by atoms with Crippen LogP contribution in [0.15, 0.2) is 48.5 Å². The van der Waals surface area contributed by atoms with E-state index in [1.807, 2.05) is 38.1 Å². The Labute approximate surface area is 164 Å². The summed E-state index contributed by atoms with van der Waals surface area (Å²) >= 11 is 0. The second-order valence-electron chi connectivity index (χ2n) is 7.61. The predicted molar refractivity (Wildman–Crippen MR) is 113 cm³/mol. The van der Waals surface area contributed by atoms with Crippen molar-refractivity contribution < 1.29 is 15.3 Å². The summed E-state index contributed by atoms with van der Waals surface area (Å²) in [6.45, 7) is 10.7. The van der Waals surface area contributed by atoms with Crippen LogP contribution in [0.5, 0.6) is 11.5 Å². The van der Waals surface area contributed by atoms with Gasteiger partial charge in [0.1, 0.15) is 11.5 Å². The van der Waals surface area contributed by atoms with Crippen molar-refractivity contribution in [2.24, 2.45) is 5.92 Å². The summed E-state index contributed by atoms with van der Waals surface area (Å²) < 4.78 is 0. The van der Waals surface area contributed by atoms with Gasteiger partial charge in [-0.3, -0.25) is 0 Å². The van der Waals surface area contributed by atoms with Gasteiger partial charge in [0.15, 0.2) is 0 Å². The molecule has 2 rings (SSSR count). The molecule has 0 aliphatic carbocycles. The van der Waals surface area contributed by atoms with E-state index in [1.54, 1.807) is 24.3 Å². The van der Waals surface area contributed by atoms with Crippen LogP contribution in [0.2, 0.25) is 0 Å². The van der Waals surface area contributed by atoms with Crippen LogP contribution in [0.1, 0.15) is 71.4 Å². The van der Waals surface area contributed by atoms with Crippen LogP contribution in [-0.4, -0.2) is 21.4 Å². The Morgan fingerprint density at radius 1 is 0.741 bits per heavy atom. The molecule has 0 radical (unpaired) electrons. The molecule has 2 aromatic rings. The highest BCUT2D eigenvalue weighted by Gasteiger charge is 2.30. The molecule has 2 aromatic carbocycles. The Bertz CT molecular complexity index is 597. The zero-order valence-electron chi connectivity index (χ0n) is 17.4. The fourth-order valence-corrected chi connectivity index (χ4v) is 3.19. The molecule has 0 aliphatic heterocycles. The van der Waals surface area contributed by atoms with Gasteiger partial charge in [0.2, 0.25) is 0 Å². The lowest BCUT2D eigenvalue weighted by Crippen LogP contribution is -2.26.